The molecule has 2 nitrogen and oxygen atoms in total. The molecule has 0 aromatic heterocycles. The first kappa shape index (κ1) is 25.4. The lowest BCUT2D eigenvalue weighted by molar-refractivity contribution is -0.00859. The normalized spacial score (nSPS) is 18.3. The SMILES string of the molecule is CC1(C)OB(c2ccccc2)OC1(C)Cc1c(-c2ccccc2)cc(-c2ccccc2)cc1-c1ccccc1. The van der Waals surface area contributed by atoms with Gasteiger partial charge in [-0.1, -0.05) is 121 Å². The Morgan fingerprint density at radius 2 is 0.949 bits per heavy atom. The van der Waals surface area contributed by atoms with E-state index in [-0.39, 0.29) is 0 Å². The first-order valence-electron chi connectivity index (χ1n) is 13.7. The monoisotopic (exact) mass is 508 g/mol. The second-order valence-electron chi connectivity index (χ2n) is 11.0. The summed E-state index contributed by atoms with van der Waals surface area (Å²) in [5, 5.41) is 0. The van der Waals surface area contributed by atoms with Crippen LogP contribution in [0.2, 0.25) is 0 Å². The average molecular weight is 508 g/mol. The second-order valence-corrected chi connectivity index (χ2v) is 11.0. The highest BCUT2D eigenvalue weighted by Gasteiger charge is 2.54. The molecule has 1 unspecified atom stereocenters. The maximum Gasteiger partial charge on any atom is 0.494 e. The summed E-state index contributed by atoms with van der Waals surface area (Å²) in [5.74, 6) is 0. The van der Waals surface area contributed by atoms with Gasteiger partial charge in [0.05, 0.1) is 11.2 Å². The van der Waals surface area contributed by atoms with Crippen LogP contribution < -0.4 is 5.46 Å². The highest BCUT2D eigenvalue weighted by atomic mass is 16.7. The minimum absolute atomic E-state index is 0.407. The Morgan fingerprint density at radius 3 is 1.44 bits per heavy atom. The molecule has 0 spiro atoms. The Balaban J connectivity index is 1.54. The number of hydrogen-bond acceptors (Lipinski definition) is 2. The number of hydrogen-bond donors (Lipinski definition) is 0. The Hall–Kier alpha value is -3.92. The molecule has 1 heterocycles. The Labute approximate surface area is 232 Å². The molecule has 0 bridgehead atoms. The average Bonchev–Trinajstić information content (AvgIpc) is 3.22. The highest BCUT2D eigenvalue weighted by Crippen LogP contribution is 2.45. The summed E-state index contributed by atoms with van der Waals surface area (Å²) in [5.41, 5.74) is 8.48. The van der Waals surface area contributed by atoms with E-state index in [2.05, 4.69) is 136 Å². The van der Waals surface area contributed by atoms with Gasteiger partial charge in [-0.3, -0.25) is 0 Å². The van der Waals surface area contributed by atoms with Crippen molar-refractivity contribution in [2.75, 3.05) is 0 Å². The van der Waals surface area contributed by atoms with Gasteiger partial charge in [0.25, 0.3) is 0 Å². The van der Waals surface area contributed by atoms with Crippen molar-refractivity contribution in [3.8, 4) is 33.4 Å². The largest absolute Gasteiger partial charge is 0.494 e. The van der Waals surface area contributed by atoms with Crippen molar-refractivity contribution in [2.45, 2.75) is 38.4 Å². The Kier molecular flexibility index (Phi) is 6.72. The zero-order chi connectivity index (χ0) is 26.9. The van der Waals surface area contributed by atoms with Gasteiger partial charge in [0.1, 0.15) is 0 Å². The van der Waals surface area contributed by atoms with Gasteiger partial charge in [-0.2, -0.15) is 0 Å². The number of benzene rings is 5. The standard InChI is InChI=1S/C36H33BO2/c1-35(2)36(3,39-37(38-35)31-22-14-7-15-23-31)26-34-32(28-18-10-5-11-19-28)24-30(27-16-8-4-9-17-27)25-33(34)29-20-12-6-13-21-29/h4-25H,26H2,1-3H3. The fourth-order valence-electron chi connectivity index (χ4n) is 5.54. The van der Waals surface area contributed by atoms with Crippen LogP contribution in [0.25, 0.3) is 33.4 Å². The molecule has 5 aromatic rings. The summed E-state index contributed by atoms with van der Waals surface area (Å²) in [6.45, 7) is 6.50. The van der Waals surface area contributed by atoms with Crippen LogP contribution in [-0.2, 0) is 15.7 Å². The van der Waals surface area contributed by atoms with Crippen molar-refractivity contribution in [1.29, 1.82) is 0 Å². The molecule has 1 fully saturated rings. The van der Waals surface area contributed by atoms with Crippen molar-refractivity contribution in [3.05, 3.63) is 139 Å². The summed E-state index contributed by atoms with van der Waals surface area (Å²) < 4.78 is 13.4. The van der Waals surface area contributed by atoms with Gasteiger partial charge in [0.2, 0.25) is 0 Å². The Bertz CT molecular complexity index is 1490. The van der Waals surface area contributed by atoms with E-state index in [1.54, 1.807) is 0 Å². The van der Waals surface area contributed by atoms with Gasteiger partial charge >= 0.3 is 7.12 Å². The zero-order valence-electron chi connectivity index (χ0n) is 22.8. The minimum Gasteiger partial charge on any atom is -0.399 e. The molecule has 0 N–H and O–H groups in total. The molecule has 0 radical (unpaired) electrons. The fourth-order valence-corrected chi connectivity index (χ4v) is 5.54. The highest BCUT2D eigenvalue weighted by molar-refractivity contribution is 6.62. The minimum atomic E-state index is -0.561. The molecule has 192 valence electrons. The van der Waals surface area contributed by atoms with Crippen LogP contribution in [0.3, 0.4) is 0 Å². The molecule has 0 amide bonds. The van der Waals surface area contributed by atoms with E-state index >= 15 is 0 Å². The van der Waals surface area contributed by atoms with Crippen LogP contribution >= 0.6 is 0 Å². The van der Waals surface area contributed by atoms with E-state index in [0.717, 1.165) is 5.46 Å². The lowest BCUT2D eigenvalue weighted by Gasteiger charge is -2.38. The first-order valence-corrected chi connectivity index (χ1v) is 13.7. The summed E-state index contributed by atoms with van der Waals surface area (Å²) in [6, 6.07) is 47.0. The third-order valence-electron chi connectivity index (χ3n) is 8.15. The predicted octanol–water partition coefficient (Wildman–Crippen LogP) is 8.21. The third kappa shape index (κ3) is 4.96. The van der Waals surface area contributed by atoms with E-state index in [1.807, 2.05) is 18.2 Å². The van der Waals surface area contributed by atoms with Crippen molar-refractivity contribution < 1.29 is 9.31 Å². The molecule has 1 saturated heterocycles. The quantitative estimate of drug-likeness (QED) is 0.215. The van der Waals surface area contributed by atoms with E-state index < -0.39 is 18.3 Å². The van der Waals surface area contributed by atoms with E-state index in [1.165, 1.54) is 38.9 Å². The van der Waals surface area contributed by atoms with Crippen LogP contribution in [0, 0.1) is 0 Å². The maximum atomic E-state index is 6.83. The smallest absolute Gasteiger partial charge is 0.399 e. The third-order valence-corrected chi connectivity index (χ3v) is 8.15. The van der Waals surface area contributed by atoms with Crippen LogP contribution in [0.1, 0.15) is 26.3 Å². The molecule has 5 aromatic carbocycles. The van der Waals surface area contributed by atoms with E-state index in [9.17, 15) is 0 Å². The van der Waals surface area contributed by atoms with E-state index in [4.69, 9.17) is 9.31 Å². The van der Waals surface area contributed by atoms with Crippen molar-refractivity contribution >= 4 is 12.6 Å². The Morgan fingerprint density at radius 1 is 0.513 bits per heavy atom. The molecule has 39 heavy (non-hydrogen) atoms. The molecular formula is C36H33BO2. The van der Waals surface area contributed by atoms with Crippen LogP contribution in [0.4, 0.5) is 0 Å². The predicted molar refractivity (Wildman–Crippen MR) is 163 cm³/mol. The molecule has 3 heteroatoms. The van der Waals surface area contributed by atoms with Crippen LogP contribution in [0.15, 0.2) is 133 Å². The van der Waals surface area contributed by atoms with Gasteiger partial charge in [-0.25, -0.2) is 0 Å². The molecule has 1 aliphatic heterocycles. The zero-order valence-corrected chi connectivity index (χ0v) is 22.8. The van der Waals surface area contributed by atoms with Gasteiger partial charge in [-0.15, -0.1) is 0 Å². The molecule has 0 saturated carbocycles. The van der Waals surface area contributed by atoms with Crippen molar-refractivity contribution in [2.24, 2.45) is 0 Å². The topological polar surface area (TPSA) is 18.5 Å². The van der Waals surface area contributed by atoms with Gasteiger partial charge in [-0.05, 0) is 77.3 Å². The van der Waals surface area contributed by atoms with Crippen molar-refractivity contribution in [1.82, 2.24) is 0 Å². The summed E-state index contributed by atoms with van der Waals surface area (Å²) in [7, 11) is -0.407. The van der Waals surface area contributed by atoms with Crippen LogP contribution in [-0.4, -0.2) is 18.3 Å². The molecule has 0 aliphatic carbocycles. The first-order chi connectivity index (χ1) is 18.9. The fraction of sp³-hybridized carbons (Fsp3) is 0.167. The molecule has 1 aliphatic rings. The van der Waals surface area contributed by atoms with E-state index in [0.29, 0.717) is 6.42 Å². The second kappa shape index (κ2) is 10.3. The van der Waals surface area contributed by atoms with Crippen molar-refractivity contribution in [3.63, 3.8) is 0 Å². The maximum absolute atomic E-state index is 6.83. The van der Waals surface area contributed by atoms with Gasteiger partial charge < -0.3 is 9.31 Å². The summed E-state index contributed by atoms with van der Waals surface area (Å²) in [6.07, 6.45) is 0.701. The number of rotatable bonds is 6. The lowest BCUT2D eigenvalue weighted by atomic mass is 9.77. The summed E-state index contributed by atoms with van der Waals surface area (Å²) >= 11 is 0. The molecule has 1 atom stereocenters. The van der Waals surface area contributed by atoms with Gasteiger partial charge in [0, 0.05) is 6.42 Å². The van der Waals surface area contributed by atoms with Gasteiger partial charge in [0.15, 0.2) is 0 Å². The van der Waals surface area contributed by atoms with Crippen LogP contribution in [0.5, 0.6) is 0 Å². The lowest BCUT2D eigenvalue weighted by Crippen LogP contribution is -2.46. The molecular weight excluding hydrogens is 475 g/mol. The summed E-state index contributed by atoms with van der Waals surface area (Å²) in [4.78, 5) is 0. The molecule has 6 rings (SSSR count).